The van der Waals surface area contributed by atoms with Crippen LogP contribution in [-0.4, -0.2) is 49.2 Å². The van der Waals surface area contributed by atoms with Gasteiger partial charge in [-0.1, -0.05) is 24.0 Å². The van der Waals surface area contributed by atoms with Crippen LogP contribution in [0.1, 0.15) is 13.8 Å². The molecular formula is C9H15N5OS2. The van der Waals surface area contributed by atoms with Gasteiger partial charge in [-0.25, -0.2) is 5.10 Å². The Morgan fingerprint density at radius 1 is 1.59 bits per heavy atom. The van der Waals surface area contributed by atoms with Crippen molar-refractivity contribution in [2.75, 3.05) is 24.2 Å². The van der Waals surface area contributed by atoms with Crippen molar-refractivity contribution < 1.29 is 4.79 Å². The highest BCUT2D eigenvalue weighted by atomic mass is 32.2. The van der Waals surface area contributed by atoms with E-state index >= 15 is 0 Å². The molecule has 0 aliphatic rings. The summed E-state index contributed by atoms with van der Waals surface area (Å²) in [4.78, 5) is 17.3. The minimum Gasteiger partial charge on any atom is -0.358 e. The Labute approximate surface area is 110 Å². The third-order valence-electron chi connectivity index (χ3n) is 2.02. The molecule has 0 spiro atoms. The van der Waals surface area contributed by atoms with Crippen molar-refractivity contribution in [2.24, 2.45) is 0 Å². The minimum atomic E-state index is -0.152. The first-order valence-corrected chi connectivity index (χ1v) is 6.63. The average molecular weight is 273 g/mol. The van der Waals surface area contributed by atoms with E-state index in [0.717, 1.165) is 17.4 Å². The molecule has 0 saturated carbocycles. The van der Waals surface area contributed by atoms with E-state index in [2.05, 4.69) is 20.5 Å². The summed E-state index contributed by atoms with van der Waals surface area (Å²) in [6.07, 6.45) is 1.34. The highest BCUT2D eigenvalue weighted by Crippen LogP contribution is 2.09. The SMILES string of the molecule is CCN(CC)C(=S)SCC(=O)Nc1ncn[nH]1. The second-order valence-corrected chi connectivity index (χ2v) is 4.72. The van der Waals surface area contributed by atoms with Gasteiger partial charge in [0.25, 0.3) is 0 Å². The van der Waals surface area contributed by atoms with E-state index in [4.69, 9.17) is 12.2 Å². The van der Waals surface area contributed by atoms with Gasteiger partial charge in [-0.3, -0.25) is 10.1 Å². The van der Waals surface area contributed by atoms with Gasteiger partial charge in [0.2, 0.25) is 11.9 Å². The fourth-order valence-electron chi connectivity index (χ4n) is 1.13. The van der Waals surface area contributed by atoms with Gasteiger partial charge < -0.3 is 4.90 Å². The van der Waals surface area contributed by atoms with Crippen LogP contribution in [0.2, 0.25) is 0 Å². The second-order valence-electron chi connectivity index (χ2n) is 3.11. The number of H-pyrrole nitrogens is 1. The van der Waals surface area contributed by atoms with Crippen molar-refractivity contribution in [3.8, 4) is 0 Å². The summed E-state index contributed by atoms with van der Waals surface area (Å²) >= 11 is 6.56. The Morgan fingerprint density at radius 2 is 2.29 bits per heavy atom. The summed E-state index contributed by atoms with van der Waals surface area (Å²) in [7, 11) is 0. The smallest absolute Gasteiger partial charge is 0.237 e. The summed E-state index contributed by atoms with van der Waals surface area (Å²) in [5.74, 6) is 0.473. The van der Waals surface area contributed by atoms with Gasteiger partial charge >= 0.3 is 0 Å². The van der Waals surface area contributed by atoms with Crippen LogP contribution < -0.4 is 5.32 Å². The van der Waals surface area contributed by atoms with E-state index in [-0.39, 0.29) is 11.7 Å². The van der Waals surface area contributed by atoms with Crippen molar-refractivity contribution in [1.29, 1.82) is 0 Å². The topological polar surface area (TPSA) is 73.9 Å². The Balaban J connectivity index is 2.30. The first-order valence-electron chi connectivity index (χ1n) is 5.24. The summed E-state index contributed by atoms with van der Waals surface area (Å²) < 4.78 is 0.739. The maximum atomic E-state index is 11.5. The molecule has 2 N–H and O–H groups in total. The van der Waals surface area contributed by atoms with Crippen molar-refractivity contribution >= 4 is 40.2 Å². The average Bonchev–Trinajstić information content (AvgIpc) is 2.81. The van der Waals surface area contributed by atoms with E-state index in [1.54, 1.807) is 0 Å². The maximum absolute atomic E-state index is 11.5. The third kappa shape index (κ3) is 4.70. The van der Waals surface area contributed by atoms with Crippen molar-refractivity contribution in [2.45, 2.75) is 13.8 Å². The number of thiocarbonyl (C=S) groups is 1. The fourth-order valence-corrected chi connectivity index (χ4v) is 2.34. The minimum absolute atomic E-state index is 0.152. The Bertz CT molecular complexity index is 363. The van der Waals surface area contributed by atoms with Gasteiger partial charge in [0, 0.05) is 13.1 Å². The largest absolute Gasteiger partial charge is 0.358 e. The van der Waals surface area contributed by atoms with Gasteiger partial charge in [-0.15, -0.1) is 0 Å². The summed E-state index contributed by atoms with van der Waals surface area (Å²) in [5, 5.41) is 8.77. The predicted molar refractivity (Wildman–Crippen MR) is 73.0 cm³/mol. The molecule has 0 aliphatic carbocycles. The second kappa shape index (κ2) is 7.23. The molecule has 1 aromatic heterocycles. The molecule has 0 saturated heterocycles. The molecule has 0 aromatic carbocycles. The van der Waals surface area contributed by atoms with Crippen LogP contribution in [0.5, 0.6) is 0 Å². The molecule has 0 radical (unpaired) electrons. The van der Waals surface area contributed by atoms with E-state index < -0.39 is 0 Å². The summed E-state index contributed by atoms with van der Waals surface area (Å²) in [6, 6.07) is 0. The number of thioether (sulfide) groups is 1. The molecule has 94 valence electrons. The molecule has 1 aromatic rings. The van der Waals surface area contributed by atoms with Crippen LogP contribution in [0.3, 0.4) is 0 Å². The molecule has 0 bridgehead atoms. The standard InChI is InChI=1S/C9H15N5OS2/c1-3-14(4-2)9(16)17-5-7(15)12-8-10-6-11-13-8/h6H,3-5H2,1-2H3,(H2,10,11,12,13,15). The van der Waals surface area contributed by atoms with Gasteiger partial charge in [-0.2, -0.15) is 10.1 Å². The number of aromatic nitrogens is 3. The number of anilines is 1. The first-order chi connectivity index (χ1) is 8.17. The number of nitrogens with zero attached hydrogens (tertiary/aromatic N) is 3. The molecule has 17 heavy (non-hydrogen) atoms. The lowest BCUT2D eigenvalue weighted by atomic mass is 10.6. The highest BCUT2D eigenvalue weighted by molar-refractivity contribution is 8.23. The fraction of sp³-hybridized carbons (Fsp3) is 0.556. The van der Waals surface area contributed by atoms with Crippen LogP contribution in [-0.2, 0) is 4.79 Å². The van der Waals surface area contributed by atoms with Crippen molar-refractivity contribution in [3.63, 3.8) is 0 Å². The monoisotopic (exact) mass is 273 g/mol. The van der Waals surface area contributed by atoms with Crippen LogP contribution in [0, 0.1) is 0 Å². The van der Waals surface area contributed by atoms with Crippen LogP contribution >= 0.6 is 24.0 Å². The number of hydrogen-bond donors (Lipinski definition) is 2. The molecule has 1 rings (SSSR count). The first kappa shape index (κ1) is 13.9. The quantitative estimate of drug-likeness (QED) is 0.783. The molecule has 0 unspecified atom stereocenters. The number of rotatable bonds is 5. The number of nitrogens with one attached hydrogen (secondary N) is 2. The van der Waals surface area contributed by atoms with Crippen LogP contribution in [0.4, 0.5) is 5.95 Å². The van der Waals surface area contributed by atoms with Crippen molar-refractivity contribution in [3.05, 3.63) is 6.33 Å². The Hall–Kier alpha value is -1.15. The highest BCUT2D eigenvalue weighted by Gasteiger charge is 2.10. The molecule has 8 heteroatoms. The van der Waals surface area contributed by atoms with E-state index in [0.29, 0.717) is 5.95 Å². The zero-order valence-electron chi connectivity index (χ0n) is 9.77. The maximum Gasteiger partial charge on any atom is 0.237 e. The molecule has 1 heterocycles. The van der Waals surface area contributed by atoms with E-state index in [1.807, 2.05) is 18.7 Å². The van der Waals surface area contributed by atoms with E-state index in [1.165, 1.54) is 18.1 Å². The lowest BCUT2D eigenvalue weighted by Gasteiger charge is -2.20. The molecule has 0 aliphatic heterocycles. The van der Waals surface area contributed by atoms with E-state index in [9.17, 15) is 4.79 Å². The molecule has 0 atom stereocenters. The predicted octanol–water partition coefficient (Wildman–Crippen LogP) is 1.10. The molecule has 1 amide bonds. The lowest BCUT2D eigenvalue weighted by molar-refractivity contribution is -0.113. The summed E-state index contributed by atoms with van der Waals surface area (Å²) in [6.45, 7) is 5.77. The normalized spacial score (nSPS) is 10.0. The number of aromatic amines is 1. The molecular weight excluding hydrogens is 258 g/mol. The van der Waals surface area contributed by atoms with Gasteiger partial charge in [-0.05, 0) is 13.8 Å². The number of hydrogen-bond acceptors (Lipinski definition) is 5. The van der Waals surface area contributed by atoms with Crippen LogP contribution in [0.25, 0.3) is 0 Å². The zero-order chi connectivity index (χ0) is 12.7. The van der Waals surface area contributed by atoms with Gasteiger partial charge in [0.05, 0.1) is 5.75 Å². The number of carbonyl (C=O) groups is 1. The molecule has 0 fully saturated rings. The zero-order valence-corrected chi connectivity index (χ0v) is 11.4. The van der Waals surface area contributed by atoms with Crippen LogP contribution in [0.15, 0.2) is 6.33 Å². The molecule has 6 nitrogen and oxygen atoms in total. The summed E-state index contributed by atoms with van der Waals surface area (Å²) in [5.41, 5.74) is 0. The Kier molecular flexibility index (Phi) is 5.92. The lowest BCUT2D eigenvalue weighted by Crippen LogP contribution is -2.28. The Morgan fingerprint density at radius 3 is 2.82 bits per heavy atom. The number of carbonyl (C=O) groups excluding carboxylic acids is 1. The number of amides is 1. The van der Waals surface area contributed by atoms with Gasteiger partial charge in [0.1, 0.15) is 10.6 Å². The third-order valence-corrected chi connectivity index (χ3v) is 3.54. The van der Waals surface area contributed by atoms with Gasteiger partial charge in [0.15, 0.2) is 0 Å². The van der Waals surface area contributed by atoms with Crippen molar-refractivity contribution in [1.82, 2.24) is 20.1 Å².